The van der Waals surface area contributed by atoms with Crippen LogP contribution >= 0.6 is 0 Å². The number of aliphatic imine (C=N–C) groups is 1. The van der Waals surface area contributed by atoms with Gasteiger partial charge in [0.25, 0.3) is 0 Å². The molecule has 0 spiro atoms. The summed E-state index contributed by atoms with van der Waals surface area (Å²) in [6, 6.07) is 11.3. The third-order valence-electron chi connectivity index (χ3n) is 3.92. The van der Waals surface area contributed by atoms with Crippen molar-refractivity contribution in [2.24, 2.45) is 10.9 Å². The van der Waals surface area contributed by atoms with Crippen LogP contribution in [0.4, 0.5) is 0 Å². The van der Waals surface area contributed by atoms with Crippen LogP contribution in [0.1, 0.15) is 18.4 Å². The molecule has 19 heavy (non-hydrogen) atoms. The van der Waals surface area contributed by atoms with Crippen LogP contribution in [0.5, 0.6) is 0 Å². The second-order valence-corrected chi connectivity index (χ2v) is 5.33. The van der Waals surface area contributed by atoms with E-state index in [0.717, 1.165) is 19.5 Å². The first-order valence-corrected chi connectivity index (χ1v) is 7.15. The molecule has 2 aliphatic heterocycles. The number of nitrogens with zero attached hydrogens (tertiary/aromatic N) is 1. The normalized spacial score (nSPS) is 26.6. The van der Waals surface area contributed by atoms with Crippen molar-refractivity contribution in [1.29, 1.82) is 0 Å². The highest BCUT2D eigenvalue weighted by molar-refractivity contribution is 5.86. The average molecular weight is 255 g/mol. The van der Waals surface area contributed by atoms with Gasteiger partial charge in [0.05, 0.1) is 6.54 Å². The first-order chi connectivity index (χ1) is 9.42. The van der Waals surface area contributed by atoms with Crippen molar-refractivity contribution in [3.63, 3.8) is 0 Å². The Morgan fingerprint density at radius 1 is 1.21 bits per heavy atom. The van der Waals surface area contributed by atoms with Gasteiger partial charge in [0.15, 0.2) is 0 Å². The summed E-state index contributed by atoms with van der Waals surface area (Å²) < 4.78 is 0. The number of hydrogen-bond acceptors (Lipinski definition) is 3. The van der Waals surface area contributed by atoms with Crippen LogP contribution in [0, 0.1) is 5.92 Å². The van der Waals surface area contributed by atoms with E-state index in [9.17, 15) is 0 Å². The van der Waals surface area contributed by atoms with E-state index in [-0.39, 0.29) is 0 Å². The van der Waals surface area contributed by atoms with Crippen LogP contribution in [0.25, 0.3) is 0 Å². The monoisotopic (exact) mass is 255 g/mol. The minimum Gasteiger partial charge on any atom is -0.350 e. The molecule has 0 saturated carbocycles. The number of amidine groups is 1. The summed E-state index contributed by atoms with van der Waals surface area (Å²) in [5, 5.41) is 6.95. The Hall–Kier alpha value is -1.61. The Balaban J connectivity index is 1.60. The fraction of sp³-hybridized carbons (Fsp3) is 0.438. The first kappa shape index (κ1) is 12.4. The number of hydrogen-bond donors (Lipinski definition) is 2. The van der Waals surface area contributed by atoms with Crippen LogP contribution < -0.4 is 10.6 Å². The highest BCUT2D eigenvalue weighted by atomic mass is 15.0. The van der Waals surface area contributed by atoms with E-state index < -0.39 is 0 Å². The van der Waals surface area contributed by atoms with E-state index in [4.69, 9.17) is 0 Å². The molecule has 1 aromatic carbocycles. The zero-order chi connectivity index (χ0) is 12.9. The zero-order valence-electron chi connectivity index (χ0n) is 11.2. The van der Waals surface area contributed by atoms with E-state index in [0.29, 0.717) is 12.0 Å². The lowest BCUT2D eigenvalue weighted by molar-refractivity contribution is 0.352. The molecule has 2 atom stereocenters. The summed E-state index contributed by atoms with van der Waals surface area (Å²) >= 11 is 0. The van der Waals surface area contributed by atoms with Crippen molar-refractivity contribution in [2.45, 2.75) is 25.3 Å². The van der Waals surface area contributed by atoms with Crippen molar-refractivity contribution >= 4 is 5.84 Å². The molecule has 2 unspecified atom stereocenters. The SMILES string of the molecule is C1=CNC(C2CCNC(Cc3ccccc3)C2)=NC1. The third kappa shape index (κ3) is 3.24. The molecular formula is C16H21N3. The van der Waals surface area contributed by atoms with Crippen molar-refractivity contribution in [2.75, 3.05) is 13.1 Å². The third-order valence-corrected chi connectivity index (χ3v) is 3.92. The summed E-state index contributed by atoms with van der Waals surface area (Å²) in [5.74, 6) is 1.77. The molecule has 1 fully saturated rings. The minimum absolute atomic E-state index is 0.566. The van der Waals surface area contributed by atoms with Crippen molar-refractivity contribution in [1.82, 2.24) is 10.6 Å². The molecule has 2 aliphatic rings. The molecule has 3 nitrogen and oxygen atoms in total. The quantitative estimate of drug-likeness (QED) is 0.868. The van der Waals surface area contributed by atoms with Gasteiger partial charge in [0, 0.05) is 12.0 Å². The van der Waals surface area contributed by atoms with E-state index in [1.807, 2.05) is 6.20 Å². The Kier molecular flexibility index (Phi) is 3.94. The molecule has 0 bridgehead atoms. The Labute approximate surface area is 114 Å². The maximum absolute atomic E-state index is 4.59. The molecule has 0 aromatic heterocycles. The molecule has 100 valence electrons. The fourth-order valence-corrected chi connectivity index (χ4v) is 2.95. The van der Waals surface area contributed by atoms with Crippen LogP contribution in [-0.2, 0) is 6.42 Å². The number of piperidine rings is 1. The number of nitrogens with one attached hydrogen (secondary N) is 2. The van der Waals surface area contributed by atoms with Gasteiger partial charge in [-0.15, -0.1) is 0 Å². The Bertz CT molecular complexity index is 464. The molecule has 2 N–H and O–H groups in total. The summed E-state index contributed by atoms with van der Waals surface area (Å²) in [6.07, 6.45) is 7.56. The average Bonchev–Trinajstić information content (AvgIpc) is 2.49. The maximum atomic E-state index is 4.59. The lowest BCUT2D eigenvalue weighted by atomic mass is 9.88. The second-order valence-electron chi connectivity index (χ2n) is 5.33. The van der Waals surface area contributed by atoms with Gasteiger partial charge >= 0.3 is 0 Å². The molecule has 3 rings (SSSR count). The highest BCUT2D eigenvalue weighted by Gasteiger charge is 2.25. The predicted molar refractivity (Wildman–Crippen MR) is 79.2 cm³/mol. The molecule has 2 heterocycles. The smallest absolute Gasteiger partial charge is 0.104 e. The molecule has 1 aromatic rings. The molecule has 1 saturated heterocycles. The van der Waals surface area contributed by atoms with Gasteiger partial charge in [-0.3, -0.25) is 4.99 Å². The molecule has 0 radical (unpaired) electrons. The van der Waals surface area contributed by atoms with Gasteiger partial charge in [-0.2, -0.15) is 0 Å². The van der Waals surface area contributed by atoms with Crippen molar-refractivity contribution in [3.8, 4) is 0 Å². The van der Waals surface area contributed by atoms with Gasteiger partial charge in [-0.05, 0) is 43.6 Å². The topological polar surface area (TPSA) is 36.4 Å². The van der Waals surface area contributed by atoms with Crippen LogP contribution in [0.2, 0.25) is 0 Å². The van der Waals surface area contributed by atoms with Crippen molar-refractivity contribution in [3.05, 3.63) is 48.2 Å². The lowest BCUT2D eigenvalue weighted by Crippen LogP contribution is -2.44. The van der Waals surface area contributed by atoms with E-state index in [1.54, 1.807) is 0 Å². The van der Waals surface area contributed by atoms with E-state index >= 15 is 0 Å². The summed E-state index contributed by atoms with van der Waals surface area (Å²) in [6.45, 7) is 1.92. The van der Waals surface area contributed by atoms with Crippen molar-refractivity contribution < 1.29 is 0 Å². The minimum atomic E-state index is 0.566. The highest BCUT2D eigenvalue weighted by Crippen LogP contribution is 2.20. The molecular weight excluding hydrogens is 234 g/mol. The maximum Gasteiger partial charge on any atom is 0.104 e. The predicted octanol–water partition coefficient (Wildman–Crippen LogP) is 2.11. The first-order valence-electron chi connectivity index (χ1n) is 7.15. The summed E-state index contributed by atoms with van der Waals surface area (Å²) in [7, 11) is 0. The largest absolute Gasteiger partial charge is 0.350 e. The Morgan fingerprint density at radius 3 is 2.89 bits per heavy atom. The summed E-state index contributed by atoms with van der Waals surface area (Å²) in [4.78, 5) is 4.59. The van der Waals surface area contributed by atoms with E-state index in [1.165, 1.54) is 24.2 Å². The van der Waals surface area contributed by atoms with Crippen LogP contribution in [0.15, 0.2) is 47.6 Å². The van der Waals surface area contributed by atoms with Gasteiger partial charge < -0.3 is 10.6 Å². The van der Waals surface area contributed by atoms with Gasteiger partial charge in [0.2, 0.25) is 0 Å². The number of rotatable bonds is 3. The zero-order valence-corrected chi connectivity index (χ0v) is 11.2. The van der Waals surface area contributed by atoms with Gasteiger partial charge in [-0.1, -0.05) is 30.3 Å². The standard InChI is InChI=1S/C16H21N3/c1-2-5-13(6-3-1)11-15-12-14(7-10-17-15)16-18-8-4-9-19-16/h1-6,8,14-15,17H,7,9-12H2,(H,18,19). The van der Waals surface area contributed by atoms with Crippen LogP contribution in [0.3, 0.4) is 0 Å². The number of benzene rings is 1. The molecule has 3 heteroatoms. The van der Waals surface area contributed by atoms with Gasteiger partial charge in [0.1, 0.15) is 5.84 Å². The van der Waals surface area contributed by atoms with E-state index in [2.05, 4.69) is 52.0 Å². The lowest BCUT2D eigenvalue weighted by Gasteiger charge is -2.31. The Morgan fingerprint density at radius 2 is 2.11 bits per heavy atom. The molecule has 0 aliphatic carbocycles. The fourth-order valence-electron chi connectivity index (χ4n) is 2.95. The van der Waals surface area contributed by atoms with Crippen LogP contribution in [-0.4, -0.2) is 25.0 Å². The molecule has 0 amide bonds. The second kappa shape index (κ2) is 6.02. The van der Waals surface area contributed by atoms with Gasteiger partial charge in [-0.25, -0.2) is 0 Å². The summed E-state index contributed by atoms with van der Waals surface area (Å²) in [5.41, 5.74) is 1.42.